The lowest BCUT2D eigenvalue weighted by Crippen LogP contribution is -2.36. The summed E-state index contributed by atoms with van der Waals surface area (Å²) in [6.07, 6.45) is 4.60. The number of carbonyl (C=O) groups is 1. The summed E-state index contributed by atoms with van der Waals surface area (Å²) in [6, 6.07) is 0. The minimum atomic E-state index is -0.204. The molecule has 1 amide bonds. The van der Waals surface area contributed by atoms with Crippen LogP contribution in [0.3, 0.4) is 0 Å². The van der Waals surface area contributed by atoms with Gasteiger partial charge in [0, 0.05) is 24.9 Å². The van der Waals surface area contributed by atoms with E-state index in [-0.39, 0.29) is 17.6 Å². The van der Waals surface area contributed by atoms with Crippen molar-refractivity contribution in [1.82, 2.24) is 14.8 Å². The number of carbonyl (C=O) groups excluding carboxylic acids is 1. The monoisotopic (exact) mass is 351 g/mol. The molecule has 0 radical (unpaired) electrons. The standard InChI is InChI=1S/C17H25N3O3S/c21-16(15-11-24-13-18-15)20-6-3-17(12-20)9-14(10-23-17)22-8-7-19-4-1-2-5-19/h11,13-14H,1-10,12H2/t14-,17-/m0/s1. The molecule has 0 bridgehead atoms. The smallest absolute Gasteiger partial charge is 0.273 e. The number of hydrogen-bond acceptors (Lipinski definition) is 6. The van der Waals surface area contributed by atoms with Gasteiger partial charge in [0.05, 0.1) is 37.0 Å². The molecule has 3 saturated heterocycles. The van der Waals surface area contributed by atoms with Gasteiger partial charge in [-0.3, -0.25) is 4.79 Å². The van der Waals surface area contributed by atoms with E-state index < -0.39 is 0 Å². The first-order valence-electron chi connectivity index (χ1n) is 8.90. The molecule has 6 nitrogen and oxygen atoms in total. The molecule has 0 aromatic carbocycles. The Morgan fingerprint density at radius 2 is 2.29 bits per heavy atom. The van der Waals surface area contributed by atoms with Crippen molar-refractivity contribution in [3.8, 4) is 0 Å². The SMILES string of the molecule is O=C(c1cscn1)N1CC[C@]2(C[C@H](OCCN3CCCC3)CO2)C1. The molecule has 2 atom stereocenters. The van der Waals surface area contributed by atoms with Gasteiger partial charge in [0.2, 0.25) is 0 Å². The van der Waals surface area contributed by atoms with E-state index >= 15 is 0 Å². The molecule has 4 heterocycles. The number of nitrogens with zero attached hydrogens (tertiary/aromatic N) is 3. The van der Waals surface area contributed by atoms with Gasteiger partial charge in [-0.1, -0.05) is 0 Å². The summed E-state index contributed by atoms with van der Waals surface area (Å²) in [4.78, 5) is 20.9. The van der Waals surface area contributed by atoms with E-state index in [1.165, 1.54) is 37.3 Å². The zero-order chi connectivity index (χ0) is 16.4. The summed E-state index contributed by atoms with van der Waals surface area (Å²) >= 11 is 1.46. The number of thiazole rings is 1. The van der Waals surface area contributed by atoms with Gasteiger partial charge in [0.25, 0.3) is 5.91 Å². The van der Waals surface area contributed by atoms with Crippen LogP contribution in [0.4, 0.5) is 0 Å². The normalized spacial score (nSPS) is 30.7. The second-order valence-electron chi connectivity index (χ2n) is 7.09. The fourth-order valence-corrected chi connectivity index (χ4v) is 4.57. The Hall–Kier alpha value is -1.02. The van der Waals surface area contributed by atoms with Crippen molar-refractivity contribution in [3.63, 3.8) is 0 Å². The van der Waals surface area contributed by atoms with E-state index in [2.05, 4.69) is 9.88 Å². The average molecular weight is 351 g/mol. The summed E-state index contributed by atoms with van der Waals surface area (Å²) in [7, 11) is 0. The van der Waals surface area contributed by atoms with E-state index in [0.717, 1.165) is 32.5 Å². The van der Waals surface area contributed by atoms with Crippen LogP contribution in [0, 0.1) is 0 Å². The predicted octanol–water partition coefficient (Wildman–Crippen LogP) is 1.63. The van der Waals surface area contributed by atoms with Crippen LogP contribution in [-0.2, 0) is 9.47 Å². The summed E-state index contributed by atoms with van der Waals surface area (Å²) in [6.45, 7) is 6.29. The van der Waals surface area contributed by atoms with E-state index in [0.29, 0.717) is 18.8 Å². The van der Waals surface area contributed by atoms with Crippen LogP contribution in [0.15, 0.2) is 10.9 Å². The third kappa shape index (κ3) is 3.49. The predicted molar refractivity (Wildman–Crippen MR) is 91.3 cm³/mol. The van der Waals surface area contributed by atoms with Gasteiger partial charge in [-0.25, -0.2) is 4.98 Å². The number of likely N-dealkylation sites (tertiary alicyclic amines) is 2. The molecule has 0 aliphatic carbocycles. The maximum absolute atomic E-state index is 12.4. The molecule has 132 valence electrons. The molecule has 1 aromatic rings. The van der Waals surface area contributed by atoms with E-state index in [1.54, 1.807) is 5.51 Å². The lowest BCUT2D eigenvalue weighted by molar-refractivity contribution is 0.000972. The first kappa shape index (κ1) is 16.4. The van der Waals surface area contributed by atoms with Crippen LogP contribution >= 0.6 is 11.3 Å². The summed E-state index contributed by atoms with van der Waals surface area (Å²) in [5.74, 6) is 0.0233. The quantitative estimate of drug-likeness (QED) is 0.807. The zero-order valence-corrected chi connectivity index (χ0v) is 14.8. The van der Waals surface area contributed by atoms with Gasteiger partial charge >= 0.3 is 0 Å². The third-order valence-electron chi connectivity index (χ3n) is 5.39. The van der Waals surface area contributed by atoms with Crippen molar-refractivity contribution >= 4 is 17.2 Å². The molecule has 3 aliphatic heterocycles. The Labute approximate surface area is 146 Å². The molecule has 0 saturated carbocycles. The molecule has 3 aliphatic rings. The highest BCUT2D eigenvalue weighted by Gasteiger charge is 2.47. The van der Waals surface area contributed by atoms with Crippen LogP contribution < -0.4 is 0 Å². The summed E-state index contributed by atoms with van der Waals surface area (Å²) in [5, 5.41) is 1.81. The van der Waals surface area contributed by atoms with E-state index in [4.69, 9.17) is 9.47 Å². The number of hydrogen-bond donors (Lipinski definition) is 0. The fraction of sp³-hybridized carbons (Fsp3) is 0.765. The molecule has 7 heteroatoms. The second-order valence-corrected chi connectivity index (χ2v) is 7.81. The summed E-state index contributed by atoms with van der Waals surface area (Å²) in [5.41, 5.74) is 2.05. The highest BCUT2D eigenvalue weighted by atomic mass is 32.1. The number of amides is 1. The van der Waals surface area contributed by atoms with Crippen LogP contribution in [0.1, 0.15) is 36.2 Å². The van der Waals surface area contributed by atoms with Gasteiger partial charge < -0.3 is 19.3 Å². The molecule has 24 heavy (non-hydrogen) atoms. The number of rotatable bonds is 5. The van der Waals surface area contributed by atoms with Gasteiger partial charge in [0.1, 0.15) is 5.69 Å². The van der Waals surface area contributed by atoms with Crippen LogP contribution in [-0.4, -0.2) is 78.3 Å². The third-order valence-corrected chi connectivity index (χ3v) is 5.98. The van der Waals surface area contributed by atoms with Crippen LogP contribution in [0.2, 0.25) is 0 Å². The Morgan fingerprint density at radius 1 is 1.42 bits per heavy atom. The maximum Gasteiger partial charge on any atom is 0.273 e. The van der Waals surface area contributed by atoms with Crippen LogP contribution in [0.25, 0.3) is 0 Å². The first-order chi connectivity index (χ1) is 11.7. The molecule has 4 rings (SSSR count). The fourth-order valence-electron chi connectivity index (χ4n) is 4.05. The Morgan fingerprint density at radius 3 is 3.08 bits per heavy atom. The van der Waals surface area contributed by atoms with Crippen molar-refractivity contribution in [2.45, 2.75) is 37.4 Å². The highest BCUT2D eigenvalue weighted by Crippen LogP contribution is 2.36. The average Bonchev–Trinajstić information content (AvgIpc) is 3.37. The number of aromatic nitrogens is 1. The van der Waals surface area contributed by atoms with Crippen molar-refractivity contribution in [3.05, 3.63) is 16.6 Å². The van der Waals surface area contributed by atoms with Crippen molar-refractivity contribution in [1.29, 1.82) is 0 Å². The minimum Gasteiger partial charge on any atom is -0.374 e. The van der Waals surface area contributed by atoms with Gasteiger partial charge in [-0.05, 0) is 32.4 Å². The van der Waals surface area contributed by atoms with Gasteiger partial charge in [-0.15, -0.1) is 11.3 Å². The lowest BCUT2D eigenvalue weighted by atomic mass is 9.98. The van der Waals surface area contributed by atoms with Crippen LogP contribution in [0.5, 0.6) is 0 Å². The lowest BCUT2D eigenvalue weighted by Gasteiger charge is -2.23. The zero-order valence-electron chi connectivity index (χ0n) is 14.0. The largest absolute Gasteiger partial charge is 0.374 e. The van der Waals surface area contributed by atoms with E-state index in [1.807, 2.05) is 10.3 Å². The minimum absolute atomic E-state index is 0.0233. The molecule has 1 aromatic heterocycles. The summed E-state index contributed by atoms with van der Waals surface area (Å²) < 4.78 is 12.1. The maximum atomic E-state index is 12.4. The Bertz CT molecular complexity index is 561. The second kappa shape index (κ2) is 7.07. The molecule has 0 unspecified atom stereocenters. The van der Waals surface area contributed by atoms with Gasteiger partial charge in [-0.2, -0.15) is 0 Å². The number of ether oxygens (including phenoxy) is 2. The highest BCUT2D eigenvalue weighted by molar-refractivity contribution is 7.07. The molecular weight excluding hydrogens is 326 g/mol. The Balaban J connectivity index is 1.24. The molecule has 3 fully saturated rings. The topological polar surface area (TPSA) is 54.9 Å². The molecular formula is C17H25N3O3S. The van der Waals surface area contributed by atoms with Crippen molar-refractivity contribution in [2.75, 3.05) is 45.9 Å². The van der Waals surface area contributed by atoms with Gasteiger partial charge in [0.15, 0.2) is 0 Å². The Kier molecular flexibility index (Phi) is 4.85. The molecule has 1 spiro atoms. The van der Waals surface area contributed by atoms with E-state index in [9.17, 15) is 4.79 Å². The molecule has 0 N–H and O–H groups in total. The van der Waals surface area contributed by atoms with Crippen molar-refractivity contribution < 1.29 is 14.3 Å². The first-order valence-corrected chi connectivity index (χ1v) is 9.84. The van der Waals surface area contributed by atoms with Crippen molar-refractivity contribution in [2.24, 2.45) is 0 Å².